The fraction of sp³-hybridized carbons (Fsp3) is 0.167. The number of hydrogen-bond donors (Lipinski definition) is 0. The second kappa shape index (κ2) is 5.37. The smallest absolute Gasteiger partial charge is 0.201 e. The Balaban J connectivity index is 2.46. The molecular formula is C18H14F2O2. The van der Waals surface area contributed by atoms with Crippen LogP contribution in [0.3, 0.4) is 0 Å². The van der Waals surface area contributed by atoms with Crippen molar-refractivity contribution in [3.8, 4) is 0 Å². The molecule has 1 atom stereocenters. The van der Waals surface area contributed by atoms with Gasteiger partial charge in [0.15, 0.2) is 0 Å². The lowest BCUT2D eigenvalue weighted by Gasteiger charge is -2.08. The highest BCUT2D eigenvalue weighted by atomic mass is 19.2. The van der Waals surface area contributed by atoms with E-state index in [1.165, 1.54) is 0 Å². The zero-order valence-corrected chi connectivity index (χ0v) is 12.2. The third kappa shape index (κ3) is 2.30. The van der Waals surface area contributed by atoms with Gasteiger partial charge in [0.25, 0.3) is 0 Å². The highest BCUT2D eigenvalue weighted by Gasteiger charge is 2.14. The summed E-state index contributed by atoms with van der Waals surface area (Å²) in [6, 6.07) is 10.3. The molecule has 0 fully saturated rings. The van der Waals surface area contributed by atoms with E-state index < -0.39 is 12.0 Å². The highest BCUT2D eigenvalue weighted by Crippen LogP contribution is 2.26. The van der Waals surface area contributed by atoms with Gasteiger partial charge in [0, 0.05) is 0 Å². The van der Waals surface area contributed by atoms with Crippen LogP contribution in [0.4, 0.5) is 8.78 Å². The Morgan fingerprint density at radius 3 is 2.64 bits per heavy atom. The Bertz CT molecular complexity index is 952. The number of aryl methyl sites for hydroxylation is 1. The molecule has 0 aliphatic heterocycles. The Morgan fingerprint density at radius 1 is 1.18 bits per heavy atom. The van der Waals surface area contributed by atoms with Gasteiger partial charge in [-0.05, 0) is 49.2 Å². The number of halogens is 2. The molecule has 0 amide bonds. The Morgan fingerprint density at radius 2 is 1.91 bits per heavy atom. The van der Waals surface area contributed by atoms with Crippen molar-refractivity contribution in [2.24, 2.45) is 0 Å². The molecule has 1 unspecified atom stereocenters. The molecule has 2 nitrogen and oxygen atoms in total. The zero-order chi connectivity index (χ0) is 15.9. The van der Waals surface area contributed by atoms with E-state index >= 15 is 0 Å². The number of rotatable bonds is 2. The first-order valence-corrected chi connectivity index (χ1v) is 6.95. The number of hydrogen-bond acceptors (Lipinski definition) is 2. The first kappa shape index (κ1) is 14.4. The molecule has 3 rings (SSSR count). The monoisotopic (exact) mass is 300 g/mol. The lowest BCUT2D eigenvalue weighted by Crippen LogP contribution is -2.05. The maximum atomic E-state index is 13.7. The molecule has 0 spiro atoms. The standard InChI is InChI=1S/C18H14F2O2/c1-10-7-8-16-17(13(10)9-14(20)11(2)19)18(21)12-5-3-4-6-15(12)22-16/h3-9,11H,1-2H3/b14-9+. The number of fused-ring (bicyclic) bond motifs is 2. The normalized spacial score (nSPS) is 13.7. The molecule has 0 bridgehead atoms. The maximum Gasteiger partial charge on any atom is 0.201 e. The SMILES string of the molecule is Cc1ccc2oc3ccccc3c(=O)c2c1/C=C(/F)C(C)F. The molecule has 112 valence electrons. The average molecular weight is 300 g/mol. The first-order valence-electron chi connectivity index (χ1n) is 6.95. The van der Waals surface area contributed by atoms with Crippen molar-refractivity contribution in [2.75, 3.05) is 0 Å². The van der Waals surface area contributed by atoms with Gasteiger partial charge in [0.05, 0.1) is 10.8 Å². The van der Waals surface area contributed by atoms with E-state index in [4.69, 9.17) is 4.42 Å². The van der Waals surface area contributed by atoms with Crippen LogP contribution >= 0.6 is 0 Å². The summed E-state index contributed by atoms with van der Waals surface area (Å²) in [5.41, 5.74) is 1.63. The lowest BCUT2D eigenvalue weighted by molar-refractivity contribution is 0.353. The highest BCUT2D eigenvalue weighted by molar-refractivity contribution is 5.95. The van der Waals surface area contributed by atoms with Crippen molar-refractivity contribution >= 4 is 28.0 Å². The summed E-state index contributed by atoms with van der Waals surface area (Å²) < 4.78 is 32.6. The molecular weight excluding hydrogens is 286 g/mol. The predicted molar refractivity (Wildman–Crippen MR) is 84.4 cm³/mol. The molecule has 1 aromatic heterocycles. The number of benzene rings is 2. The Hall–Kier alpha value is -2.49. The second-order valence-electron chi connectivity index (χ2n) is 5.24. The average Bonchev–Trinajstić information content (AvgIpc) is 2.50. The van der Waals surface area contributed by atoms with Gasteiger partial charge in [-0.2, -0.15) is 0 Å². The van der Waals surface area contributed by atoms with Crippen LogP contribution in [0.15, 0.2) is 51.4 Å². The summed E-state index contributed by atoms with van der Waals surface area (Å²) >= 11 is 0. The summed E-state index contributed by atoms with van der Waals surface area (Å²) in [5, 5.41) is 0.693. The van der Waals surface area contributed by atoms with Crippen molar-refractivity contribution in [2.45, 2.75) is 20.0 Å². The molecule has 22 heavy (non-hydrogen) atoms. The van der Waals surface area contributed by atoms with E-state index in [1.807, 2.05) is 0 Å². The van der Waals surface area contributed by atoms with Gasteiger partial charge >= 0.3 is 0 Å². The molecule has 0 saturated heterocycles. The van der Waals surface area contributed by atoms with Crippen LogP contribution in [0.1, 0.15) is 18.1 Å². The second-order valence-corrected chi connectivity index (χ2v) is 5.24. The number of allylic oxidation sites excluding steroid dienone is 1. The van der Waals surface area contributed by atoms with Crippen molar-refractivity contribution in [3.05, 3.63) is 63.6 Å². The van der Waals surface area contributed by atoms with Crippen LogP contribution in [-0.4, -0.2) is 6.17 Å². The summed E-state index contributed by atoms with van der Waals surface area (Å²) in [6.45, 7) is 2.86. The number of alkyl halides is 1. The fourth-order valence-corrected chi connectivity index (χ4v) is 2.46. The van der Waals surface area contributed by atoms with E-state index in [2.05, 4.69) is 0 Å². The van der Waals surface area contributed by atoms with Crippen molar-refractivity contribution in [1.29, 1.82) is 0 Å². The molecule has 3 aromatic rings. The molecule has 2 aromatic carbocycles. The maximum absolute atomic E-state index is 13.7. The molecule has 4 heteroatoms. The van der Waals surface area contributed by atoms with Crippen molar-refractivity contribution in [1.82, 2.24) is 0 Å². The van der Waals surface area contributed by atoms with E-state index in [0.717, 1.165) is 13.0 Å². The van der Waals surface area contributed by atoms with E-state index in [9.17, 15) is 13.6 Å². The summed E-state index contributed by atoms with van der Waals surface area (Å²) in [7, 11) is 0. The van der Waals surface area contributed by atoms with Gasteiger partial charge in [-0.1, -0.05) is 18.2 Å². The molecule has 1 heterocycles. The topological polar surface area (TPSA) is 30.2 Å². The van der Waals surface area contributed by atoms with Gasteiger partial charge in [0.1, 0.15) is 23.2 Å². The third-order valence-electron chi connectivity index (χ3n) is 3.67. The van der Waals surface area contributed by atoms with Gasteiger partial charge < -0.3 is 4.42 Å². The zero-order valence-electron chi connectivity index (χ0n) is 12.2. The molecule has 0 aliphatic rings. The van der Waals surface area contributed by atoms with Gasteiger partial charge in [-0.25, -0.2) is 8.78 Å². The van der Waals surface area contributed by atoms with Gasteiger partial charge in [0.2, 0.25) is 5.43 Å². The van der Waals surface area contributed by atoms with Gasteiger partial charge in [-0.3, -0.25) is 4.79 Å². The van der Waals surface area contributed by atoms with Crippen LogP contribution in [0.25, 0.3) is 28.0 Å². The minimum atomic E-state index is -1.72. The van der Waals surface area contributed by atoms with Crippen LogP contribution in [0.5, 0.6) is 0 Å². The van der Waals surface area contributed by atoms with Crippen LogP contribution in [0.2, 0.25) is 0 Å². The van der Waals surface area contributed by atoms with E-state index in [0.29, 0.717) is 27.7 Å². The minimum absolute atomic E-state index is 0.244. The molecule has 0 aliphatic carbocycles. The van der Waals surface area contributed by atoms with E-state index in [1.54, 1.807) is 43.3 Å². The van der Waals surface area contributed by atoms with Crippen LogP contribution in [-0.2, 0) is 0 Å². The quantitative estimate of drug-likeness (QED) is 0.629. The van der Waals surface area contributed by atoms with Crippen molar-refractivity contribution < 1.29 is 13.2 Å². The van der Waals surface area contributed by atoms with E-state index in [-0.39, 0.29) is 10.8 Å². The summed E-state index contributed by atoms with van der Waals surface area (Å²) in [6.07, 6.45) is -0.643. The summed E-state index contributed by atoms with van der Waals surface area (Å²) in [5.74, 6) is -0.914. The molecule has 0 N–H and O–H groups in total. The van der Waals surface area contributed by atoms with Crippen LogP contribution < -0.4 is 5.43 Å². The Labute approximate surface area is 125 Å². The molecule has 0 radical (unpaired) electrons. The van der Waals surface area contributed by atoms with Gasteiger partial charge in [-0.15, -0.1) is 0 Å². The largest absolute Gasteiger partial charge is 0.456 e. The number of para-hydroxylation sites is 1. The van der Waals surface area contributed by atoms with Crippen LogP contribution in [0, 0.1) is 6.92 Å². The predicted octanol–water partition coefficient (Wildman–Crippen LogP) is 4.92. The lowest BCUT2D eigenvalue weighted by atomic mass is 10.0. The Kier molecular flexibility index (Phi) is 3.53. The fourth-order valence-electron chi connectivity index (χ4n) is 2.46. The third-order valence-corrected chi connectivity index (χ3v) is 3.67. The first-order chi connectivity index (χ1) is 10.5. The summed E-state index contributed by atoms with van der Waals surface area (Å²) in [4.78, 5) is 12.7. The minimum Gasteiger partial charge on any atom is -0.456 e. The molecule has 0 saturated carbocycles. The van der Waals surface area contributed by atoms with Crippen molar-refractivity contribution in [3.63, 3.8) is 0 Å².